The van der Waals surface area contributed by atoms with Crippen LogP contribution in [0, 0.1) is 0 Å². The summed E-state index contributed by atoms with van der Waals surface area (Å²) < 4.78 is 6.11. The molecule has 7 heteroatoms. The fourth-order valence-corrected chi connectivity index (χ4v) is 5.69. The zero-order chi connectivity index (χ0) is 23.5. The van der Waals surface area contributed by atoms with Crippen LogP contribution in [0.5, 0.6) is 0 Å². The highest BCUT2D eigenvalue weighted by Crippen LogP contribution is 2.40. The highest BCUT2D eigenvalue weighted by molar-refractivity contribution is 6.42. The zero-order valence-electron chi connectivity index (χ0n) is 17.0. The van der Waals surface area contributed by atoms with E-state index >= 15 is 0 Å². The van der Waals surface area contributed by atoms with Gasteiger partial charge in [0.25, 0.3) is 0 Å². The van der Waals surface area contributed by atoms with Crippen molar-refractivity contribution in [3.63, 3.8) is 0 Å². The molecule has 0 amide bonds. The highest BCUT2D eigenvalue weighted by atomic mass is 35.5. The molecule has 4 aromatic rings. The Morgan fingerprint density at radius 3 is 1.18 bits per heavy atom. The second-order valence-electron chi connectivity index (χ2n) is 7.30. The Hall–Kier alpha value is -1.42. The van der Waals surface area contributed by atoms with Crippen molar-refractivity contribution in [1.29, 1.82) is 0 Å². The van der Waals surface area contributed by atoms with Gasteiger partial charge in [0.1, 0.15) is 0 Å². The maximum absolute atomic E-state index is 6.46. The minimum absolute atomic E-state index is 0.349. The Balaban J connectivity index is 1.60. The van der Waals surface area contributed by atoms with E-state index in [1.807, 2.05) is 48.5 Å². The number of rotatable bonds is 6. The molecular weight excluding hydrogens is 541 g/mol. The van der Waals surface area contributed by atoms with Crippen LogP contribution in [0.15, 0.2) is 72.8 Å². The second-order valence-corrected chi connectivity index (χ2v) is 9.80. The third kappa shape index (κ3) is 5.63. The van der Waals surface area contributed by atoms with Crippen LogP contribution < -0.4 is 0 Å². The molecule has 0 aliphatic carbocycles. The fraction of sp³-hybridized carbons (Fsp3) is 0.0769. The summed E-state index contributed by atoms with van der Waals surface area (Å²) in [6.07, 6.45) is 0. The lowest BCUT2D eigenvalue weighted by Crippen LogP contribution is -1.99. The van der Waals surface area contributed by atoms with Crippen LogP contribution >= 0.6 is 69.6 Å². The minimum Gasteiger partial charge on any atom is -0.372 e. The number of halogens is 6. The molecule has 4 rings (SSSR count). The lowest BCUT2D eigenvalue weighted by Gasteiger charge is -2.16. The Bertz CT molecular complexity index is 1170. The molecule has 0 N–H and O–H groups in total. The van der Waals surface area contributed by atoms with E-state index in [1.165, 1.54) is 0 Å². The Morgan fingerprint density at radius 2 is 0.818 bits per heavy atom. The molecule has 0 fully saturated rings. The molecule has 0 bridgehead atoms. The van der Waals surface area contributed by atoms with Crippen molar-refractivity contribution in [2.75, 3.05) is 0 Å². The van der Waals surface area contributed by atoms with E-state index in [9.17, 15) is 0 Å². The summed E-state index contributed by atoms with van der Waals surface area (Å²) in [7, 11) is 0. The van der Waals surface area contributed by atoms with Gasteiger partial charge in [0.15, 0.2) is 0 Å². The molecule has 0 unspecified atom stereocenters. The third-order valence-corrected chi connectivity index (χ3v) is 6.73. The van der Waals surface area contributed by atoms with Gasteiger partial charge in [0.2, 0.25) is 0 Å². The molecule has 0 aromatic heterocycles. The summed E-state index contributed by atoms with van der Waals surface area (Å²) in [6.45, 7) is 0.698. The summed E-state index contributed by atoms with van der Waals surface area (Å²) in [5.74, 6) is 0. The van der Waals surface area contributed by atoms with Gasteiger partial charge in [-0.2, -0.15) is 0 Å². The quantitative estimate of drug-likeness (QED) is 0.229. The van der Waals surface area contributed by atoms with E-state index in [4.69, 9.17) is 74.3 Å². The van der Waals surface area contributed by atoms with Crippen LogP contribution in [0.2, 0.25) is 30.1 Å². The van der Waals surface area contributed by atoms with Crippen molar-refractivity contribution in [3.8, 4) is 22.3 Å². The van der Waals surface area contributed by atoms with Gasteiger partial charge in [-0.3, -0.25) is 0 Å². The third-order valence-electron chi connectivity index (χ3n) is 5.10. The van der Waals surface area contributed by atoms with E-state index in [2.05, 4.69) is 0 Å². The Morgan fingerprint density at radius 1 is 0.485 bits per heavy atom. The van der Waals surface area contributed by atoms with Crippen LogP contribution in [-0.2, 0) is 18.0 Å². The van der Waals surface area contributed by atoms with Gasteiger partial charge in [-0.05, 0) is 46.5 Å². The van der Waals surface area contributed by atoms with Crippen LogP contribution in [0.4, 0.5) is 0 Å². The molecule has 0 aliphatic rings. The van der Waals surface area contributed by atoms with Crippen molar-refractivity contribution >= 4 is 69.6 Å². The predicted octanol–water partition coefficient (Wildman–Crippen LogP) is 10.7. The van der Waals surface area contributed by atoms with E-state index in [1.54, 1.807) is 24.3 Å². The summed E-state index contributed by atoms with van der Waals surface area (Å²) >= 11 is 38.0. The zero-order valence-corrected chi connectivity index (χ0v) is 21.6. The Labute approximate surface area is 222 Å². The molecule has 0 saturated heterocycles. The Kier molecular flexibility index (Phi) is 8.15. The molecule has 0 radical (unpaired) electrons. The predicted molar refractivity (Wildman–Crippen MR) is 142 cm³/mol. The summed E-state index contributed by atoms with van der Waals surface area (Å²) in [5, 5.41) is 2.90. The monoisotopic (exact) mass is 554 g/mol. The van der Waals surface area contributed by atoms with Crippen LogP contribution in [-0.4, -0.2) is 0 Å². The largest absolute Gasteiger partial charge is 0.372 e. The van der Waals surface area contributed by atoms with E-state index < -0.39 is 0 Å². The van der Waals surface area contributed by atoms with Crippen molar-refractivity contribution in [2.24, 2.45) is 0 Å². The maximum atomic E-state index is 6.46. The standard InChI is InChI=1S/C26H16Cl6O/c27-17-9-21(29)25(22(30)10-17)19-7-3-1-5-15(19)13-33-14-16-6-2-4-8-20(16)26-23(31)11-18(28)12-24(26)32/h1-12H,13-14H2. The van der Waals surface area contributed by atoms with Gasteiger partial charge in [0, 0.05) is 21.2 Å². The summed E-state index contributed by atoms with van der Waals surface area (Å²) in [6, 6.07) is 22.3. The molecule has 0 spiro atoms. The molecule has 0 saturated carbocycles. The number of ether oxygens (including phenoxy) is 1. The highest BCUT2D eigenvalue weighted by Gasteiger charge is 2.16. The van der Waals surface area contributed by atoms with Gasteiger partial charge < -0.3 is 4.74 Å². The first-order valence-electron chi connectivity index (χ1n) is 9.88. The number of benzene rings is 4. The first-order chi connectivity index (χ1) is 15.8. The molecule has 0 aliphatic heterocycles. The SMILES string of the molecule is Clc1cc(Cl)c(-c2ccccc2COCc2ccccc2-c2c(Cl)cc(Cl)cc2Cl)c(Cl)c1. The molecule has 1 nitrogen and oxygen atoms in total. The van der Waals surface area contributed by atoms with Crippen molar-refractivity contribution in [3.05, 3.63) is 114 Å². The normalized spacial score (nSPS) is 11.1. The van der Waals surface area contributed by atoms with Gasteiger partial charge in [0.05, 0.1) is 33.3 Å². The first-order valence-corrected chi connectivity index (χ1v) is 12.2. The molecule has 4 aromatic carbocycles. The van der Waals surface area contributed by atoms with Crippen molar-refractivity contribution in [1.82, 2.24) is 0 Å². The molecule has 0 atom stereocenters. The molecule has 0 heterocycles. The minimum atomic E-state index is 0.349. The molecular formula is C26H16Cl6O. The van der Waals surface area contributed by atoms with Crippen LogP contribution in [0.25, 0.3) is 22.3 Å². The number of hydrogen-bond acceptors (Lipinski definition) is 1. The summed E-state index contributed by atoms with van der Waals surface area (Å²) in [4.78, 5) is 0. The van der Waals surface area contributed by atoms with E-state index in [0.717, 1.165) is 33.4 Å². The van der Waals surface area contributed by atoms with Gasteiger partial charge in [-0.1, -0.05) is 118 Å². The van der Waals surface area contributed by atoms with Crippen LogP contribution in [0.3, 0.4) is 0 Å². The van der Waals surface area contributed by atoms with Gasteiger partial charge >= 0.3 is 0 Å². The van der Waals surface area contributed by atoms with E-state index in [0.29, 0.717) is 43.3 Å². The fourth-order valence-electron chi connectivity index (χ4n) is 3.65. The van der Waals surface area contributed by atoms with Crippen molar-refractivity contribution < 1.29 is 4.74 Å². The van der Waals surface area contributed by atoms with E-state index in [-0.39, 0.29) is 0 Å². The summed E-state index contributed by atoms with van der Waals surface area (Å²) in [5.41, 5.74) is 5.12. The molecule has 33 heavy (non-hydrogen) atoms. The second kappa shape index (κ2) is 10.9. The smallest absolute Gasteiger partial charge is 0.0727 e. The number of hydrogen-bond donors (Lipinski definition) is 0. The topological polar surface area (TPSA) is 9.23 Å². The lowest BCUT2D eigenvalue weighted by molar-refractivity contribution is 0.108. The van der Waals surface area contributed by atoms with Crippen molar-refractivity contribution in [2.45, 2.75) is 13.2 Å². The average Bonchev–Trinajstić information content (AvgIpc) is 2.74. The first kappa shape index (κ1) is 24.7. The molecule has 168 valence electrons. The maximum Gasteiger partial charge on any atom is 0.0727 e. The van der Waals surface area contributed by atoms with Crippen LogP contribution in [0.1, 0.15) is 11.1 Å². The average molecular weight is 557 g/mol. The lowest BCUT2D eigenvalue weighted by atomic mass is 9.99. The van der Waals surface area contributed by atoms with Gasteiger partial charge in [-0.15, -0.1) is 0 Å². The van der Waals surface area contributed by atoms with Gasteiger partial charge in [-0.25, -0.2) is 0 Å².